The van der Waals surface area contributed by atoms with E-state index in [1.54, 1.807) is 19.1 Å². The van der Waals surface area contributed by atoms with Gasteiger partial charge in [-0.05, 0) is 85.5 Å². The molecule has 0 radical (unpaired) electrons. The van der Waals surface area contributed by atoms with Gasteiger partial charge < -0.3 is 25.5 Å². The molecule has 4 N–H and O–H groups in total. The van der Waals surface area contributed by atoms with Crippen LogP contribution in [-0.2, 0) is 24.7 Å². The number of carboxylic acids is 1. The second-order valence-electron chi connectivity index (χ2n) is 10.1. The van der Waals surface area contributed by atoms with Gasteiger partial charge in [0.1, 0.15) is 17.2 Å². The fraction of sp³-hybridized carbons (Fsp3) is 0.258. The molecule has 4 heterocycles. The van der Waals surface area contributed by atoms with Crippen LogP contribution in [0.15, 0.2) is 47.7 Å². The largest absolute Gasteiger partial charge is 0.490 e. The van der Waals surface area contributed by atoms with E-state index in [1.807, 2.05) is 24.6 Å². The maximum absolute atomic E-state index is 15.4. The van der Waals surface area contributed by atoms with Crippen molar-refractivity contribution < 1.29 is 23.8 Å². The van der Waals surface area contributed by atoms with Crippen LogP contribution in [-0.4, -0.2) is 51.0 Å². The van der Waals surface area contributed by atoms with Crippen molar-refractivity contribution in [2.24, 2.45) is 17.8 Å². The molecule has 3 aromatic heterocycles. The summed E-state index contributed by atoms with van der Waals surface area (Å²) in [6.45, 7) is 4.13. The van der Waals surface area contributed by atoms with Crippen LogP contribution in [0.5, 0.6) is 5.75 Å². The van der Waals surface area contributed by atoms with Gasteiger partial charge in [-0.25, -0.2) is 9.37 Å². The first-order valence-electron chi connectivity index (χ1n) is 13.4. The molecule has 1 aromatic carbocycles. The zero-order valence-corrected chi connectivity index (χ0v) is 23.8. The van der Waals surface area contributed by atoms with Gasteiger partial charge in [0.25, 0.3) is 5.91 Å². The molecule has 1 amide bonds. The smallest absolute Gasteiger partial charge is 0.307 e. The number of aromatic nitrogens is 3. The van der Waals surface area contributed by atoms with E-state index in [4.69, 9.17) is 15.5 Å². The number of nitrogens with one attached hydrogen (secondary N) is 1. The molecule has 0 fully saturated rings. The summed E-state index contributed by atoms with van der Waals surface area (Å²) in [6, 6.07) is 6.74. The maximum atomic E-state index is 15.4. The third-order valence-electron chi connectivity index (χ3n) is 7.54. The first-order chi connectivity index (χ1) is 20.1. The lowest BCUT2D eigenvalue weighted by atomic mass is 9.87. The molecule has 0 saturated heterocycles. The van der Waals surface area contributed by atoms with Gasteiger partial charge in [0, 0.05) is 42.5 Å². The Kier molecular flexibility index (Phi) is 7.75. The average molecular weight is 571 g/mol. The molecular weight excluding hydrogens is 539 g/mol. The standard InChI is InChI=1S/C31H31FN6O4/c1-16-19-6-5-11-42-29(19)23(32)13-20(16)28-21(15-27(39)40)17(2)36-30-22(28)14-25(38(30)4)18-8-10-35-24(12-18)31(41)37-26(34-3)7-9-33/h7-10,12-14H,5-6,11,15,33H2,1-4H3,(H,39,40)(H,34,37,41)/b9-7-. The van der Waals surface area contributed by atoms with E-state index in [9.17, 15) is 14.7 Å². The van der Waals surface area contributed by atoms with E-state index in [0.717, 1.165) is 17.5 Å². The number of carbonyl (C=O) groups excluding carboxylic acids is 1. The number of carboxylic acid groups (broad SMARTS) is 1. The lowest BCUT2D eigenvalue weighted by Gasteiger charge is -2.23. The van der Waals surface area contributed by atoms with E-state index in [2.05, 4.69) is 15.3 Å². The summed E-state index contributed by atoms with van der Waals surface area (Å²) in [4.78, 5) is 37.8. The van der Waals surface area contributed by atoms with Crippen LogP contribution in [0, 0.1) is 19.7 Å². The molecular formula is C31H31FN6O4. The molecule has 10 nitrogen and oxygen atoms in total. The zero-order valence-electron chi connectivity index (χ0n) is 23.8. The van der Waals surface area contributed by atoms with E-state index >= 15 is 4.39 Å². The van der Waals surface area contributed by atoms with E-state index in [-0.39, 0.29) is 23.7 Å². The lowest BCUT2D eigenvalue weighted by molar-refractivity contribution is -0.136. The number of nitrogens with zero attached hydrogens (tertiary/aromatic N) is 4. The number of amidine groups is 1. The predicted molar refractivity (Wildman–Crippen MR) is 158 cm³/mol. The van der Waals surface area contributed by atoms with Gasteiger partial charge in [-0.3, -0.25) is 19.6 Å². The molecule has 0 aliphatic carbocycles. The number of fused-ring (bicyclic) bond motifs is 2. The normalized spacial score (nSPS) is 13.3. The molecule has 11 heteroatoms. The number of rotatable bonds is 6. The maximum Gasteiger partial charge on any atom is 0.307 e. The van der Waals surface area contributed by atoms with Gasteiger partial charge in [0.2, 0.25) is 0 Å². The minimum Gasteiger partial charge on any atom is -0.490 e. The van der Waals surface area contributed by atoms with Gasteiger partial charge in [-0.1, -0.05) is 0 Å². The highest BCUT2D eigenvalue weighted by Gasteiger charge is 2.26. The summed E-state index contributed by atoms with van der Waals surface area (Å²) >= 11 is 0. The Bertz CT molecular complexity index is 1810. The third kappa shape index (κ3) is 5.09. The molecule has 4 aromatic rings. The Labute approximate surface area is 241 Å². The number of carbonyl (C=O) groups is 2. The summed E-state index contributed by atoms with van der Waals surface area (Å²) < 4.78 is 22.9. The number of aliphatic carboxylic acids is 1. The Balaban J connectivity index is 1.72. The number of aliphatic imine (C=N–C) groups is 1. The molecule has 216 valence electrons. The van der Waals surface area contributed by atoms with Gasteiger partial charge in [-0.15, -0.1) is 0 Å². The number of ether oxygens (including phenoxy) is 1. The Morgan fingerprint density at radius 3 is 2.79 bits per heavy atom. The minimum atomic E-state index is -1.01. The molecule has 0 saturated carbocycles. The van der Waals surface area contributed by atoms with Gasteiger partial charge in [0.15, 0.2) is 11.6 Å². The highest BCUT2D eigenvalue weighted by atomic mass is 19.1. The van der Waals surface area contributed by atoms with Crippen LogP contribution in [0.4, 0.5) is 4.39 Å². The van der Waals surface area contributed by atoms with Crippen molar-refractivity contribution in [2.75, 3.05) is 13.7 Å². The number of halogens is 1. The topological polar surface area (TPSA) is 145 Å². The molecule has 5 rings (SSSR count). The van der Waals surface area contributed by atoms with Crippen LogP contribution in [0.3, 0.4) is 0 Å². The number of hydrogen-bond acceptors (Lipinski definition) is 7. The minimum absolute atomic E-state index is 0.160. The van der Waals surface area contributed by atoms with Crippen LogP contribution in [0.2, 0.25) is 0 Å². The molecule has 0 unspecified atom stereocenters. The van der Waals surface area contributed by atoms with Crippen LogP contribution >= 0.6 is 0 Å². The molecule has 42 heavy (non-hydrogen) atoms. The van der Waals surface area contributed by atoms with Gasteiger partial charge in [0.05, 0.1) is 18.7 Å². The van der Waals surface area contributed by atoms with Crippen molar-refractivity contribution in [3.8, 4) is 28.1 Å². The second kappa shape index (κ2) is 11.4. The van der Waals surface area contributed by atoms with Crippen LogP contribution in [0.25, 0.3) is 33.4 Å². The van der Waals surface area contributed by atoms with E-state index < -0.39 is 17.7 Å². The summed E-state index contributed by atoms with van der Waals surface area (Å²) in [5.41, 5.74) is 11.5. The summed E-state index contributed by atoms with van der Waals surface area (Å²) in [6.07, 6.45) is 5.43. The molecule has 1 aliphatic rings. The Morgan fingerprint density at radius 2 is 2.07 bits per heavy atom. The second-order valence-corrected chi connectivity index (χ2v) is 10.1. The third-order valence-corrected chi connectivity index (χ3v) is 7.54. The number of hydrogen-bond donors (Lipinski definition) is 3. The van der Waals surface area contributed by atoms with Crippen molar-refractivity contribution in [3.63, 3.8) is 0 Å². The fourth-order valence-corrected chi connectivity index (χ4v) is 5.51. The SMILES string of the molecule is CN=C(/C=C\N)NC(=O)c1cc(-c2cc3c(-c4cc(F)c5c(c4C)CCCO5)c(CC(=O)O)c(C)nc3n2C)ccn1. The van der Waals surface area contributed by atoms with Gasteiger partial charge >= 0.3 is 5.97 Å². The first kappa shape index (κ1) is 28.5. The Hall–Kier alpha value is -5.06. The van der Waals surface area contributed by atoms with Crippen molar-refractivity contribution in [3.05, 3.63) is 76.6 Å². The van der Waals surface area contributed by atoms with Crippen molar-refractivity contribution in [1.29, 1.82) is 0 Å². The predicted octanol–water partition coefficient (Wildman–Crippen LogP) is 4.24. The molecule has 0 spiro atoms. The number of aryl methyl sites for hydroxylation is 2. The quantitative estimate of drug-likeness (QED) is 0.232. The number of benzene rings is 1. The summed E-state index contributed by atoms with van der Waals surface area (Å²) in [5.74, 6) is -1.41. The first-order valence-corrected chi connectivity index (χ1v) is 13.4. The average Bonchev–Trinajstić information content (AvgIpc) is 3.30. The van der Waals surface area contributed by atoms with Crippen molar-refractivity contribution in [1.82, 2.24) is 19.9 Å². The zero-order chi connectivity index (χ0) is 30.1. The monoisotopic (exact) mass is 570 g/mol. The van der Waals surface area contributed by atoms with Crippen LogP contribution < -0.4 is 15.8 Å². The summed E-state index contributed by atoms with van der Waals surface area (Å²) in [7, 11) is 3.37. The summed E-state index contributed by atoms with van der Waals surface area (Å²) in [5, 5.41) is 13.1. The molecule has 0 atom stereocenters. The lowest BCUT2D eigenvalue weighted by Crippen LogP contribution is -2.30. The van der Waals surface area contributed by atoms with Crippen LogP contribution in [0.1, 0.15) is 39.3 Å². The highest BCUT2D eigenvalue weighted by Crippen LogP contribution is 2.43. The number of amides is 1. The van der Waals surface area contributed by atoms with E-state index in [0.29, 0.717) is 57.7 Å². The Morgan fingerprint density at radius 1 is 1.29 bits per heavy atom. The van der Waals surface area contributed by atoms with Crippen molar-refractivity contribution >= 4 is 28.7 Å². The number of nitrogens with two attached hydrogens (primary N) is 1. The highest BCUT2D eigenvalue weighted by molar-refractivity contribution is 6.09. The van der Waals surface area contributed by atoms with E-state index in [1.165, 1.54) is 31.6 Å². The molecule has 1 aliphatic heterocycles. The van der Waals surface area contributed by atoms with Crippen molar-refractivity contribution in [2.45, 2.75) is 33.1 Å². The molecule has 0 bridgehead atoms. The number of pyridine rings is 2. The van der Waals surface area contributed by atoms with Gasteiger partial charge in [-0.2, -0.15) is 0 Å². The fourth-order valence-electron chi connectivity index (χ4n) is 5.51.